The highest BCUT2D eigenvalue weighted by Crippen LogP contribution is 2.23. The van der Waals surface area contributed by atoms with Crippen LogP contribution in [0.15, 0.2) is 18.2 Å². The molecule has 0 saturated heterocycles. The fourth-order valence-electron chi connectivity index (χ4n) is 2.75. The van der Waals surface area contributed by atoms with Gasteiger partial charge in [-0.25, -0.2) is 0 Å². The van der Waals surface area contributed by atoms with Gasteiger partial charge in [0.05, 0.1) is 12.5 Å². The molecule has 23 heavy (non-hydrogen) atoms. The van der Waals surface area contributed by atoms with Crippen LogP contribution in [0, 0.1) is 12.8 Å². The van der Waals surface area contributed by atoms with Gasteiger partial charge in [0, 0.05) is 11.6 Å². The third kappa shape index (κ3) is 4.81. The van der Waals surface area contributed by atoms with Crippen molar-refractivity contribution in [3.8, 4) is 0 Å². The second kappa shape index (κ2) is 7.76. The quantitative estimate of drug-likeness (QED) is 0.846. The van der Waals surface area contributed by atoms with E-state index in [-0.39, 0.29) is 29.8 Å². The van der Waals surface area contributed by atoms with Crippen LogP contribution in [0.2, 0.25) is 0 Å². The monoisotopic (exact) mass is 317 g/mol. The van der Waals surface area contributed by atoms with E-state index in [9.17, 15) is 19.5 Å². The molecule has 0 aromatic heterocycles. The second-order valence-electron chi connectivity index (χ2n) is 5.92. The Hall–Kier alpha value is -2.37. The van der Waals surface area contributed by atoms with Gasteiger partial charge in [0.1, 0.15) is 0 Å². The second-order valence-corrected chi connectivity index (χ2v) is 5.92. The molecule has 2 N–H and O–H groups in total. The van der Waals surface area contributed by atoms with Gasteiger partial charge in [-0.05, 0) is 37.0 Å². The zero-order chi connectivity index (χ0) is 16.8. The summed E-state index contributed by atoms with van der Waals surface area (Å²) in [6.45, 7) is 1.64. The molecule has 1 aromatic rings. The molecular weight excluding hydrogens is 296 g/mol. The van der Waals surface area contributed by atoms with Crippen molar-refractivity contribution in [2.24, 2.45) is 5.92 Å². The molecule has 1 aliphatic rings. The number of amides is 2. The number of carboxylic acid groups (broad SMARTS) is 1. The average Bonchev–Trinajstić information content (AvgIpc) is 2.55. The van der Waals surface area contributed by atoms with Crippen molar-refractivity contribution in [3.63, 3.8) is 0 Å². The predicted molar refractivity (Wildman–Crippen MR) is 83.7 cm³/mol. The molecule has 0 heterocycles. The molecule has 0 atom stereocenters. The number of aryl methyl sites for hydroxylation is 1. The number of hydrogen-bond donors (Lipinski definition) is 2. The van der Waals surface area contributed by atoms with E-state index in [1.54, 1.807) is 13.0 Å². The third-order valence-corrected chi connectivity index (χ3v) is 4.15. The van der Waals surface area contributed by atoms with Gasteiger partial charge in [-0.3, -0.25) is 9.59 Å². The number of benzene rings is 1. The molecule has 2 amide bonds. The lowest BCUT2D eigenvalue weighted by Crippen LogP contribution is -2.37. The molecule has 124 valence electrons. The first kappa shape index (κ1) is 17.0. The largest absolute Gasteiger partial charge is 0.545 e. The van der Waals surface area contributed by atoms with Gasteiger partial charge in [0.2, 0.25) is 11.8 Å². The van der Waals surface area contributed by atoms with E-state index in [2.05, 4.69) is 10.6 Å². The van der Waals surface area contributed by atoms with Gasteiger partial charge in [-0.2, -0.15) is 0 Å². The fourth-order valence-corrected chi connectivity index (χ4v) is 2.75. The van der Waals surface area contributed by atoms with Crippen LogP contribution in [0.4, 0.5) is 5.69 Å². The van der Waals surface area contributed by atoms with E-state index in [1.807, 2.05) is 0 Å². The van der Waals surface area contributed by atoms with Crippen molar-refractivity contribution >= 4 is 23.5 Å². The number of rotatable bonds is 5. The highest BCUT2D eigenvalue weighted by atomic mass is 16.4. The minimum absolute atomic E-state index is 0.000279. The lowest BCUT2D eigenvalue weighted by molar-refractivity contribution is -0.255. The highest BCUT2D eigenvalue weighted by molar-refractivity contribution is 5.96. The number of nitrogens with one attached hydrogen (secondary N) is 2. The molecule has 6 heteroatoms. The molecule has 0 radical (unpaired) electrons. The van der Waals surface area contributed by atoms with Crippen molar-refractivity contribution in [3.05, 3.63) is 29.3 Å². The minimum Gasteiger partial charge on any atom is -0.545 e. The molecule has 0 spiro atoms. The van der Waals surface area contributed by atoms with Gasteiger partial charge in [-0.1, -0.05) is 31.4 Å². The molecule has 0 bridgehead atoms. The van der Waals surface area contributed by atoms with Crippen molar-refractivity contribution in [2.45, 2.75) is 39.0 Å². The van der Waals surface area contributed by atoms with Gasteiger partial charge >= 0.3 is 0 Å². The van der Waals surface area contributed by atoms with Gasteiger partial charge in [0.15, 0.2) is 0 Å². The number of carbonyl (C=O) groups is 3. The van der Waals surface area contributed by atoms with Gasteiger partial charge in [0.25, 0.3) is 0 Å². The number of hydrogen-bond acceptors (Lipinski definition) is 4. The van der Waals surface area contributed by atoms with Crippen LogP contribution >= 0.6 is 0 Å². The Bertz CT molecular complexity index is 607. The van der Waals surface area contributed by atoms with Crippen LogP contribution < -0.4 is 15.7 Å². The molecule has 1 saturated carbocycles. The van der Waals surface area contributed by atoms with E-state index in [4.69, 9.17) is 0 Å². The molecule has 0 aliphatic heterocycles. The van der Waals surface area contributed by atoms with Crippen LogP contribution in [0.25, 0.3) is 0 Å². The Morgan fingerprint density at radius 2 is 1.87 bits per heavy atom. The Kier molecular flexibility index (Phi) is 5.73. The molecule has 6 nitrogen and oxygen atoms in total. The van der Waals surface area contributed by atoms with E-state index in [0.717, 1.165) is 37.7 Å². The fraction of sp³-hybridized carbons (Fsp3) is 0.471. The SMILES string of the molecule is Cc1ccc(C(=O)[O-])cc1NC(=O)CNC(=O)C1CCCCC1. The summed E-state index contributed by atoms with van der Waals surface area (Å²) in [5.41, 5.74) is 1.14. The Morgan fingerprint density at radius 3 is 2.52 bits per heavy atom. The summed E-state index contributed by atoms with van der Waals surface area (Å²) in [6, 6.07) is 4.37. The van der Waals surface area contributed by atoms with Crippen LogP contribution in [0.1, 0.15) is 48.0 Å². The number of anilines is 1. The summed E-state index contributed by atoms with van der Waals surface area (Å²) in [6.07, 6.45) is 5.03. The van der Waals surface area contributed by atoms with Crippen LogP contribution in [0.3, 0.4) is 0 Å². The van der Waals surface area contributed by atoms with Crippen LogP contribution in [-0.4, -0.2) is 24.3 Å². The number of carbonyl (C=O) groups excluding carboxylic acids is 3. The Balaban J connectivity index is 1.88. The van der Waals surface area contributed by atoms with E-state index >= 15 is 0 Å². The zero-order valence-corrected chi connectivity index (χ0v) is 13.2. The third-order valence-electron chi connectivity index (χ3n) is 4.15. The Labute approximate surface area is 135 Å². The Morgan fingerprint density at radius 1 is 1.17 bits per heavy atom. The van der Waals surface area contributed by atoms with E-state index < -0.39 is 5.97 Å². The standard InChI is InChI=1S/C17H22N2O4/c1-11-7-8-13(17(22)23)9-14(11)19-15(20)10-18-16(21)12-5-3-2-4-6-12/h7-9,12H,2-6,10H2,1H3,(H,18,21)(H,19,20)(H,22,23)/p-1. The van der Waals surface area contributed by atoms with Gasteiger partial charge in [-0.15, -0.1) is 0 Å². The normalized spacial score (nSPS) is 15.0. The summed E-state index contributed by atoms with van der Waals surface area (Å²) in [5.74, 6) is -1.77. The van der Waals surface area contributed by atoms with Crippen molar-refractivity contribution in [1.29, 1.82) is 0 Å². The highest BCUT2D eigenvalue weighted by Gasteiger charge is 2.21. The van der Waals surface area contributed by atoms with Gasteiger partial charge < -0.3 is 20.5 Å². The summed E-state index contributed by atoms with van der Waals surface area (Å²) < 4.78 is 0. The smallest absolute Gasteiger partial charge is 0.243 e. The summed E-state index contributed by atoms with van der Waals surface area (Å²) >= 11 is 0. The molecule has 0 unspecified atom stereocenters. The van der Waals surface area contributed by atoms with E-state index in [0.29, 0.717) is 5.69 Å². The zero-order valence-electron chi connectivity index (χ0n) is 13.2. The molecular formula is C17H21N2O4-. The predicted octanol–water partition coefficient (Wildman–Crippen LogP) is 0.994. The first-order valence-corrected chi connectivity index (χ1v) is 7.87. The molecule has 2 rings (SSSR count). The number of aromatic carboxylic acids is 1. The van der Waals surface area contributed by atoms with Crippen molar-refractivity contribution in [2.75, 3.05) is 11.9 Å². The van der Waals surface area contributed by atoms with Crippen molar-refractivity contribution in [1.82, 2.24) is 5.32 Å². The first-order valence-electron chi connectivity index (χ1n) is 7.87. The summed E-state index contributed by atoms with van der Waals surface area (Å²) in [7, 11) is 0. The maximum absolute atomic E-state index is 12.0. The van der Waals surface area contributed by atoms with Crippen LogP contribution in [0.5, 0.6) is 0 Å². The van der Waals surface area contributed by atoms with E-state index in [1.165, 1.54) is 12.1 Å². The number of carboxylic acids is 1. The summed E-state index contributed by atoms with van der Waals surface area (Å²) in [5, 5.41) is 16.1. The topological polar surface area (TPSA) is 98.3 Å². The average molecular weight is 317 g/mol. The lowest BCUT2D eigenvalue weighted by Gasteiger charge is -2.20. The lowest BCUT2D eigenvalue weighted by atomic mass is 9.89. The molecule has 1 aliphatic carbocycles. The van der Waals surface area contributed by atoms with Crippen molar-refractivity contribution < 1.29 is 19.5 Å². The summed E-state index contributed by atoms with van der Waals surface area (Å²) in [4.78, 5) is 34.8. The maximum atomic E-state index is 12.0. The van der Waals surface area contributed by atoms with Crippen LogP contribution in [-0.2, 0) is 9.59 Å². The first-order chi connectivity index (χ1) is 11.0. The maximum Gasteiger partial charge on any atom is 0.243 e. The molecule has 1 aromatic carbocycles. The molecule has 1 fully saturated rings. The minimum atomic E-state index is -1.30.